The van der Waals surface area contributed by atoms with Crippen molar-refractivity contribution in [2.45, 2.75) is 13.0 Å². The van der Waals surface area contributed by atoms with Gasteiger partial charge < -0.3 is 15.6 Å². The Morgan fingerprint density at radius 3 is 2.46 bits per heavy atom. The number of esters is 1. The molecule has 1 fully saturated rings. The number of hydrogen-bond donors (Lipinski definition) is 2. The number of carbonyl (C=O) groups is 2. The zero-order chi connectivity index (χ0) is 10.2. The molecular weight excluding hydrogens is 174 g/mol. The highest BCUT2D eigenvalue weighted by Gasteiger charge is 2.57. The Morgan fingerprint density at radius 2 is 2.08 bits per heavy atom. The van der Waals surface area contributed by atoms with Crippen molar-refractivity contribution < 1.29 is 19.4 Å². The maximum atomic E-state index is 11.1. The molecule has 3 N–H and O–H groups in total. The third-order valence-electron chi connectivity index (χ3n) is 2.62. The summed E-state index contributed by atoms with van der Waals surface area (Å²) in [5.74, 6) is -2.03. The minimum Gasteiger partial charge on any atom is -0.480 e. The van der Waals surface area contributed by atoms with E-state index in [1.807, 2.05) is 0 Å². The highest BCUT2D eigenvalue weighted by molar-refractivity contribution is 5.81. The zero-order valence-corrected chi connectivity index (χ0v) is 7.56. The molecule has 1 aliphatic rings. The number of ether oxygens (including phenoxy) is 1. The lowest BCUT2D eigenvalue weighted by Gasteiger charge is -2.03. The Bertz CT molecular complexity index is 240. The van der Waals surface area contributed by atoms with Gasteiger partial charge in [0.2, 0.25) is 0 Å². The largest absolute Gasteiger partial charge is 0.480 e. The molecule has 0 unspecified atom stereocenters. The fourth-order valence-electron chi connectivity index (χ4n) is 1.72. The van der Waals surface area contributed by atoms with E-state index in [2.05, 4.69) is 4.74 Å². The molecule has 1 saturated carbocycles. The molecular formula is C8H13NO4. The van der Waals surface area contributed by atoms with E-state index >= 15 is 0 Å². The molecule has 5 heteroatoms. The van der Waals surface area contributed by atoms with Crippen LogP contribution >= 0.6 is 0 Å². The van der Waals surface area contributed by atoms with Gasteiger partial charge in [-0.25, -0.2) is 0 Å². The molecule has 0 aromatic heterocycles. The van der Waals surface area contributed by atoms with Gasteiger partial charge in [-0.2, -0.15) is 0 Å². The fourth-order valence-corrected chi connectivity index (χ4v) is 1.72. The average molecular weight is 187 g/mol. The molecule has 5 nitrogen and oxygen atoms in total. The van der Waals surface area contributed by atoms with E-state index in [9.17, 15) is 9.59 Å². The smallest absolute Gasteiger partial charge is 0.320 e. The predicted octanol–water partition coefficient (Wildman–Crippen LogP) is -0.547. The Morgan fingerprint density at radius 1 is 1.54 bits per heavy atom. The summed E-state index contributed by atoms with van der Waals surface area (Å²) in [7, 11) is 1.29. The van der Waals surface area contributed by atoms with Crippen molar-refractivity contribution in [2.75, 3.05) is 7.11 Å². The van der Waals surface area contributed by atoms with Crippen molar-refractivity contribution in [3.63, 3.8) is 0 Å². The van der Waals surface area contributed by atoms with Crippen LogP contribution in [0.2, 0.25) is 0 Å². The van der Waals surface area contributed by atoms with Crippen LogP contribution in [-0.2, 0) is 14.3 Å². The van der Waals surface area contributed by atoms with E-state index in [1.54, 1.807) is 6.92 Å². The first-order valence-electron chi connectivity index (χ1n) is 4.07. The normalized spacial score (nSPS) is 33.6. The van der Waals surface area contributed by atoms with Crippen molar-refractivity contribution in [2.24, 2.45) is 23.5 Å². The van der Waals surface area contributed by atoms with E-state index in [4.69, 9.17) is 10.8 Å². The van der Waals surface area contributed by atoms with Gasteiger partial charge in [0.25, 0.3) is 0 Å². The molecule has 0 saturated heterocycles. The quantitative estimate of drug-likeness (QED) is 0.579. The van der Waals surface area contributed by atoms with Crippen LogP contribution < -0.4 is 5.73 Å². The molecule has 4 atom stereocenters. The van der Waals surface area contributed by atoms with Gasteiger partial charge in [0, 0.05) is 5.92 Å². The molecule has 0 aliphatic heterocycles. The standard InChI is InChI=1S/C8H13NO4/c1-3-4(6(9)7(10)11)5(3)8(12)13-2/h3-6H,9H2,1-2H3,(H,10,11)/t3-,4+,5+,6+/m1/s1. The summed E-state index contributed by atoms with van der Waals surface area (Å²) in [5, 5.41) is 8.61. The number of methoxy groups -OCH3 is 1. The van der Waals surface area contributed by atoms with Crippen LogP contribution in [0.3, 0.4) is 0 Å². The molecule has 0 amide bonds. The Labute approximate surface area is 75.9 Å². The molecule has 0 bridgehead atoms. The lowest BCUT2D eigenvalue weighted by Crippen LogP contribution is -2.34. The van der Waals surface area contributed by atoms with Gasteiger partial charge in [0.05, 0.1) is 13.0 Å². The number of carbonyl (C=O) groups excluding carboxylic acids is 1. The van der Waals surface area contributed by atoms with E-state index in [0.717, 1.165) is 0 Å². The van der Waals surface area contributed by atoms with Gasteiger partial charge in [0.1, 0.15) is 6.04 Å². The second kappa shape index (κ2) is 3.33. The number of hydrogen-bond acceptors (Lipinski definition) is 4. The summed E-state index contributed by atoms with van der Waals surface area (Å²) < 4.78 is 4.52. The van der Waals surface area contributed by atoms with Crippen LogP contribution in [0.4, 0.5) is 0 Å². The monoisotopic (exact) mass is 187 g/mol. The predicted molar refractivity (Wildman–Crippen MR) is 43.8 cm³/mol. The van der Waals surface area contributed by atoms with Crippen molar-refractivity contribution in [1.29, 1.82) is 0 Å². The van der Waals surface area contributed by atoms with Gasteiger partial charge in [-0.3, -0.25) is 9.59 Å². The third kappa shape index (κ3) is 1.65. The average Bonchev–Trinajstić information content (AvgIpc) is 2.74. The molecule has 13 heavy (non-hydrogen) atoms. The van der Waals surface area contributed by atoms with E-state index < -0.39 is 12.0 Å². The Balaban J connectivity index is 2.58. The second-order valence-electron chi connectivity index (χ2n) is 3.35. The molecule has 1 rings (SSSR count). The third-order valence-corrected chi connectivity index (χ3v) is 2.62. The van der Waals surface area contributed by atoms with E-state index in [1.165, 1.54) is 7.11 Å². The summed E-state index contributed by atoms with van der Waals surface area (Å²) in [6, 6.07) is -0.959. The first-order valence-corrected chi connectivity index (χ1v) is 4.07. The van der Waals surface area contributed by atoms with Crippen molar-refractivity contribution >= 4 is 11.9 Å². The molecule has 74 valence electrons. The van der Waals surface area contributed by atoms with Gasteiger partial charge in [0.15, 0.2) is 0 Å². The van der Waals surface area contributed by atoms with Crippen molar-refractivity contribution in [1.82, 2.24) is 0 Å². The van der Waals surface area contributed by atoms with E-state index in [-0.39, 0.29) is 23.7 Å². The number of rotatable bonds is 3. The maximum absolute atomic E-state index is 11.1. The molecule has 0 radical (unpaired) electrons. The Kier molecular flexibility index (Phi) is 2.56. The van der Waals surface area contributed by atoms with Gasteiger partial charge >= 0.3 is 11.9 Å². The summed E-state index contributed by atoms with van der Waals surface area (Å²) >= 11 is 0. The van der Waals surface area contributed by atoms with Gasteiger partial charge in [-0.05, 0) is 5.92 Å². The van der Waals surface area contributed by atoms with E-state index in [0.29, 0.717) is 0 Å². The maximum Gasteiger partial charge on any atom is 0.320 e. The molecule has 0 aromatic rings. The number of carboxylic acid groups (broad SMARTS) is 1. The number of nitrogens with two attached hydrogens (primary N) is 1. The minimum atomic E-state index is -1.07. The summed E-state index contributed by atoms with van der Waals surface area (Å²) in [5.41, 5.74) is 5.39. The summed E-state index contributed by atoms with van der Waals surface area (Å²) in [6.45, 7) is 1.80. The fraction of sp³-hybridized carbons (Fsp3) is 0.750. The molecule has 1 aliphatic carbocycles. The van der Waals surface area contributed by atoms with Crippen LogP contribution in [0.1, 0.15) is 6.92 Å². The van der Waals surface area contributed by atoms with Crippen LogP contribution in [-0.4, -0.2) is 30.2 Å². The molecule has 0 aromatic carbocycles. The van der Waals surface area contributed by atoms with Crippen LogP contribution in [0.15, 0.2) is 0 Å². The van der Waals surface area contributed by atoms with Crippen LogP contribution in [0.5, 0.6) is 0 Å². The second-order valence-corrected chi connectivity index (χ2v) is 3.35. The van der Waals surface area contributed by atoms with Crippen LogP contribution in [0.25, 0.3) is 0 Å². The van der Waals surface area contributed by atoms with Crippen molar-refractivity contribution in [3.05, 3.63) is 0 Å². The highest BCUT2D eigenvalue weighted by Crippen LogP contribution is 2.48. The lowest BCUT2D eigenvalue weighted by molar-refractivity contribution is -0.143. The summed E-state index contributed by atoms with van der Waals surface area (Å²) in [6.07, 6.45) is 0. The first-order chi connectivity index (χ1) is 6.00. The molecule has 0 heterocycles. The topological polar surface area (TPSA) is 89.6 Å². The number of aliphatic carboxylic acids is 1. The highest BCUT2D eigenvalue weighted by atomic mass is 16.5. The van der Waals surface area contributed by atoms with Gasteiger partial charge in [-0.15, -0.1) is 0 Å². The first kappa shape index (κ1) is 9.98. The van der Waals surface area contributed by atoms with Crippen molar-refractivity contribution in [3.8, 4) is 0 Å². The van der Waals surface area contributed by atoms with Gasteiger partial charge in [-0.1, -0.05) is 6.92 Å². The molecule has 0 spiro atoms. The SMILES string of the molecule is COC(=O)[C@H]1[C@H](C)[C@@H]1[C@H](N)C(=O)O. The number of carboxylic acids is 1. The lowest BCUT2D eigenvalue weighted by atomic mass is 10.1. The Hall–Kier alpha value is -1.10. The zero-order valence-electron chi connectivity index (χ0n) is 7.56. The van der Waals surface area contributed by atoms with Crippen LogP contribution in [0, 0.1) is 17.8 Å². The summed E-state index contributed by atoms with van der Waals surface area (Å²) in [4.78, 5) is 21.6. The minimum absolute atomic E-state index is 0.0125.